The monoisotopic (exact) mass is 464 g/mol. The molecule has 0 saturated heterocycles. The van der Waals surface area contributed by atoms with Gasteiger partial charge in [-0.25, -0.2) is 0 Å². The Labute approximate surface area is 183 Å². The molecular formula is C24H21BrN2O3. The van der Waals surface area contributed by atoms with Gasteiger partial charge < -0.3 is 9.72 Å². The van der Waals surface area contributed by atoms with Crippen molar-refractivity contribution >= 4 is 26.8 Å². The number of H-pyrrole nitrogens is 1. The molecule has 6 heteroatoms. The van der Waals surface area contributed by atoms with Gasteiger partial charge in [-0.05, 0) is 57.7 Å². The van der Waals surface area contributed by atoms with Gasteiger partial charge in [0.25, 0.3) is 0 Å². The molecule has 4 rings (SSSR count). The van der Waals surface area contributed by atoms with E-state index in [1.807, 2.05) is 60.8 Å². The Morgan fingerprint density at radius 3 is 2.60 bits per heavy atom. The minimum Gasteiger partial charge on any atom is -0.488 e. The van der Waals surface area contributed by atoms with Crippen LogP contribution in [0.3, 0.4) is 0 Å². The number of rotatable bonds is 7. The van der Waals surface area contributed by atoms with Crippen molar-refractivity contribution in [3.63, 3.8) is 0 Å². The molecule has 5 nitrogen and oxygen atoms in total. The molecule has 0 aliphatic heterocycles. The highest BCUT2D eigenvalue weighted by molar-refractivity contribution is 9.10. The van der Waals surface area contributed by atoms with Gasteiger partial charge in [0.15, 0.2) is 0 Å². The van der Waals surface area contributed by atoms with Crippen LogP contribution in [0.5, 0.6) is 5.75 Å². The van der Waals surface area contributed by atoms with Crippen molar-refractivity contribution in [2.75, 3.05) is 6.54 Å². The first-order chi connectivity index (χ1) is 14.5. The normalized spacial score (nSPS) is 12.1. The average molecular weight is 465 g/mol. The number of nitrogens with one attached hydrogen (secondary N) is 1. The maximum absolute atomic E-state index is 11.4. The summed E-state index contributed by atoms with van der Waals surface area (Å²) in [5, 5.41) is 12.4. The van der Waals surface area contributed by atoms with Crippen molar-refractivity contribution in [2.45, 2.75) is 19.4 Å². The fraction of sp³-hybridized carbons (Fsp3) is 0.167. The molecule has 0 fully saturated rings. The largest absolute Gasteiger partial charge is 0.488 e. The summed E-state index contributed by atoms with van der Waals surface area (Å²) in [4.78, 5) is 14.4. The topological polar surface area (TPSA) is 68.2 Å². The van der Waals surface area contributed by atoms with E-state index in [4.69, 9.17) is 4.74 Å². The van der Waals surface area contributed by atoms with Gasteiger partial charge in [0.1, 0.15) is 12.4 Å². The Morgan fingerprint density at radius 1 is 1.10 bits per heavy atom. The number of hydrogen-bond donors (Lipinski definition) is 1. The van der Waals surface area contributed by atoms with Crippen molar-refractivity contribution < 1.29 is 9.66 Å². The summed E-state index contributed by atoms with van der Waals surface area (Å²) in [7, 11) is 0. The lowest BCUT2D eigenvalue weighted by Crippen LogP contribution is -2.14. The van der Waals surface area contributed by atoms with Crippen molar-refractivity contribution in [1.29, 1.82) is 0 Å². The fourth-order valence-corrected chi connectivity index (χ4v) is 4.12. The third-order valence-electron chi connectivity index (χ3n) is 5.20. The summed E-state index contributed by atoms with van der Waals surface area (Å²) in [6.45, 7) is 2.33. The Hall–Kier alpha value is -3.12. The molecule has 0 aliphatic carbocycles. The van der Waals surface area contributed by atoms with E-state index < -0.39 is 0 Å². The molecule has 0 bridgehead atoms. The molecule has 0 saturated carbocycles. The highest BCUT2D eigenvalue weighted by atomic mass is 79.9. The number of hydrogen-bond acceptors (Lipinski definition) is 3. The summed E-state index contributed by atoms with van der Waals surface area (Å²) >= 11 is 3.58. The smallest absolute Gasteiger partial charge is 0.214 e. The molecule has 4 aromatic rings. The van der Waals surface area contributed by atoms with Gasteiger partial charge >= 0.3 is 0 Å². The van der Waals surface area contributed by atoms with Crippen LogP contribution in [0.1, 0.15) is 28.2 Å². The number of nitrogens with zero attached hydrogens (tertiary/aromatic N) is 1. The Kier molecular flexibility index (Phi) is 5.86. The number of para-hydroxylation sites is 1. The first kappa shape index (κ1) is 20.2. The fourth-order valence-electron chi connectivity index (χ4n) is 3.61. The van der Waals surface area contributed by atoms with Crippen LogP contribution in [0.15, 0.2) is 77.4 Å². The minimum absolute atomic E-state index is 0.183. The molecule has 1 N–H and O–H groups in total. The second kappa shape index (κ2) is 8.71. The Bertz CT molecular complexity index is 1180. The molecule has 0 spiro atoms. The minimum atomic E-state index is -0.362. The lowest BCUT2D eigenvalue weighted by atomic mass is 9.91. The lowest BCUT2D eigenvalue weighted by Gasteiger charge is -2.15. The zero-order chi connectivity index (χ0) is 21.1. The van der Waals surface area contributed by atoms with Gasteiger partial charge in [0, 0.05) is 22.0 Å². The Morgan fingerprint density at radius 2 is 1.87 bits per heavy atom. The Balaban J connectivity index is 1.61. The van der Waals surface area contributed by atoms with E-state index >= 15 is 0 Å². The average Bonchev–Trinajstić information content (AvgIpc) is 3.16. The highest BCUT2D eigenvalue weighted by Crippen LogP contribution is 2.35. The number of nitro groups is 1. The summed E-state index contributed by atoms with van der Waals surface area (Å²) in [5.74, 6) is 0.344. The van der Waals surface area contributed by atoms with Crippen molar-refractivity contribution in [2.24, 2.45) is 0 Å². The molecule has 30 heavy (non-hydrogen) atoms. The molecule has 0 amide bonds. The maximum Gasteiger partial charge on any atom is 0.214 e. The molecule has 152 valence electrons. The van der Waals surface area contributed by atoms with Crippen LogP contribution >= 0.6 is 15.9 Å². The van der Waals surface area contributed by atoms with Gasteiger partial charge in [-0.1, -0.05) is 54.1 Å². The van der Waals surface area contributed by atoms with Crippen LogP contribution < -0.4 is 4.74 Å². The zero-order valence-electron chi connectivity index (χ0n) is 16.5. The summed E-state index contributed by atoms with van der Waals surface area (Å²) in [5.41, 5.74) is 5.05. The van der Waals surface area contributed by atoms with Gasteiger partial charge in [-0.2, -0.15) is 0 Å². The van der Waals surface area contributed by atoms with E-state index in [1.165, 1.54) is 5.56 Å². The summed E-state index contributed by atoms with van der Waals surface area (Å²) in [6, 6.07) is 21.7. The first-order valence-corrected chi connectivity index (χ1v) is 10.5. The molecule has 1 heterocycles. The molecule has 0 unspecified atom stereocenters. The standard InChI is InChI=1S/C24H21BrN2O3/c1-16-6-8-17(9-7-16)15-30-24-11-10-18(12-22(24)25)21(14-27(28)29)20-13-26-23-5-3-2-4-19(20)23/h2-13,21,26H,14-15H2,1H3/t21-/m0/s1. The lowest BCUT2D eigenvalue weighted by molar-refractivity contribution is -0.481. The second-order valence-corrected chi connectivity index (χ2v) is 8.18. The van der Waals surface area contributed by atoms with Gasteiger partial charge in [0.2, 0.25) is 6.54 Å². The summed E-state index contributed by atoms with van der Waals surface area (Å²) in [6.07, 6.45) is 1.87. The molecule has 0 radical (unpaired) electrons. The van der Waals surface area contributed by atoms with Crippen LogP contribution in [-0.4, -0.2) is 16.5 Å². The molecule has 1 atom stereocenters. The number of fused-ring (bicyclic) bond motifs is 1. The van der Waals surface area contributed by atoms with Crippen LogP contribution in [-0.2, 0) is 6.61 Å². The third-order valence-corrected chi connectivity index (χ3v) is 5.82. The zero-order valence-corrected chi connectivity index (χ0v) is 18.1. The predicted octanol–water partition coefficient (Wildman–Crippen LogP) is 6.23. The van der Waals surface area contributed by atoms with Gasteiger partial charge in [-0.15, -0.1) is 0 Å². The number of aromatic amines is 1. The number of halogens is 1. The SMILES string of the molecule is Cc1ccc(COc2ccc([C@H](C[N+](=O)[O-])c3c[nH]c4ccccc34)cc2Br)cc1. The van der Waals surface area contributed by atoms with E-state index in [-0.39, 0.29) is 17.4 Å². The van der Waals surface area contributed by atoms with Crippen LogP contribution in [0.2, 0.25) is 0 Å². The molecule has 3 aromatic carbocycles. The van der Waals surface area contributed by atoms with E-state index in [0.717, 1.165) is 32.1 Å². The second-order valence-electron chi connectivity index (χ2n) is 7.32. The quantitative estimate of drug-likeness (QED) is 0.260. The van der Waals surface area contributed by atoms with E-state index in [0.29, 0.717) is 12.4 Å². The molecule has 0 aliphatic rings. The number of aromatic nitrogens is 1. The number of benzene rings is 3. The third kappa shape index (κ3) is 4.39. The van der Waals surface area contributed by atoms with Crippen molar-refractivity contribution in [3.8, 4) is 5.75 Å². The van der Waals surface area contributed by atoms with E-state index in [9.17, 15) is 10.1 Å². The van der Waals surface area contributed by atoms with Crippen molar-refractivity contribution in [3.05, 3.63) is 110 Å². The van der Waals surface area contributed by atoms with Gasteiger partial charge in [-0.3, -0.25) is 10.1 Å². The van der Waals surface area contributed by atoms with Crippen molar-refractivity contribution in [1.82, 2.24) is 4.98 Å². The number of ether oxygens (including phenoxy) is 1. The van der Waals surface area contributed by atoms with Crippen LogP contribution in [0, 0.1) is 17.0 Å². The van der Waals surface area contributed by atoms with E-state index in [2.05, 4.69) is 40.0 Å². The van der Waals surface area contributed by atoms with Crippen LogP contribution in [0.25, 0.3) is 10.9 Å². The number of aryl methyl sites for hydroxylation is 1. The first-order valence-electron chi connectivity index (χ1n) is 9.67. The van der Waals surface area contributed by atoms with Crippen LogP contribution in [0.4, 0.5) is 0 Å². The van der Waals surface area contributed by atoms with E-state index in [1.54, 1.807) is 0 Å². The maximum atomic E-state index is 11.4. The summed E-state index contributed by atoms with van der Waals surface area (Å²) < 4.78 is 6.73. The molecular weight excluding hydrogens is 444 g/mol. The highest BCUT2D eigenvalue weighted by Gasteiger charge is 2.24. The van der Waals surface area contributed by atoms with Gasteiger partial charge in [0.05, 0.1) is 10.4 Å². The predicted molar refractivity (Wildman–Crippen MR) is 122 cm³/mol. The molecule has 1 aromatic heterocycles.